The molecule has 0 aliphatic carbocycles. The number of nitrogens with one attached hydrogen (secondary N) is 1. The van der Waals surface area contributed by atoms with Gasteiger partial charge in [0.25, 0.3) is 5.56 Å². The second-order valence-corrected chi connectivity index (χ2v) is 7.44. The van der Waals surface area contributed by atoms with Gasteiger partial charge in [0.15, 0.2) is 5.16 Å². The number of aromatic nitrogens is 2. The molecule has 152 valence electrons. The van der Waals surface area contributed by atoms with Gasteiger partial charge in [0.2, 0.25) is 5.91 Å². The number of amides is 1. The zero-order valence-electron chi connectivity index (χ0n) is 16.0. The molecule has 0 atom stereocenters. The molecule has 8 heteroatoms. The summed E-state index contributed by atoms with van der Waals surface area (Å²) in [6.45, 7) is 2.66. The molecule has 0 aliphatic rings. The highest BCUT2D eigenvalue weighted by Crippen LogP contribution is 2.23. The van der Waals surface area contributed by atoms with Crippen LogP contribution in [-0.4, -0.2) is 27.8 Å². The lowest BCUT2D eigenvalue weighted by atomic mass is 10.2. The maximum absolute atomic E-state index is 14.4. The summed E-state index contributed by atoms with van der Waals surface area (Å²) in [5.41, 5.74) is -0.144. The van der Waals surface area contributed by atoms with E-state index in [9.17, 15) is 18.4 Å². The van der Waals surface area contributed by atoms with Gasteiger partial charge < -0.3 is 5.32 Å². The van der Waals surface area contributed by atoms with Gasteiger partial charge in [0, 0.05) is 12.6 Å². The number of unbranched alkanes of at least 4 members (excludes halogenated alkanes) is 2. The van der Waals surface area contributed by atoms with Crippen LogP contribution in [0.25, 0.3) is 16.6 Å². The Kier molecular flexibility index (Phi) is 6.98. The molecule has 0 fully saturated rings. The number of hydrogen-bond acceptors (Lipinski definition) is 4. The van der Waals surface area contributed by atoms with Crippen LogP contribution in [0.1, 0.15) is 26.2 Å². The van der Waals surface area contributed by atoms with Crippen molar-refractivity contribution >= 4 is 28.6 Å². The number of rotatable bonds is 8. The Bertz CT molecular complexity index is 1090. The second-order valence-electron chi connectivity index (χ2n) is 6.49. The van der Waals surface area contributed by atoms with Crippen LogP contribution >= 0.6 is 11.8 Å². The van der Waals surface area contributed by atoms with E-state index in [4.69, 9.17) is 0 Å². The molecular weight excluding hydrogens is 396 g/mol. The van der Waals surface area contributed by atoms with Crippen molar-refractivity contribution in [2.24, 2.45) is 0 Å². The van der Waals surface area contributed by atoms with Crippen LogP contribution in [0.4, 0.5) is 8.78 Å². The zero-order chi connectivity index (χ0) is 20.8. The maximum atomic E-state index is 14.4. The van der Waals surface area contributed by atoms with Crippen molar-refractivity contribution in [2.45, 2.75) is 31.3 Å². The first-order chi connectivity index (χ1) is 14.0. The van der Waals surface area contributed by atoms with E-state index in [0.717, 1.165) is 41.7 Å². The van der Waals surface area contributed by atoms with E-state index in [-0.39, 0.29) is 22.5 Å². The third-order valence-electron chi connectivity index (χ3n) is 4.33. The molecule has 0 saturated carbocycles. The molecule has 1 heterocycles. The zero-order valence-corrected chi connectivity index (χ0v) is 16.8. The van der Waals surface area contributed by atoms with Crippen LogP contribution in [0.15, 0.2) is 52.4 Å². The first-order valence-electron chi connectivity index (χ1n) is 9.38. The first-order valence-corrected chi connectivity index (χ1v) is 10.4. The average molecular weight is 417 g/mol. The van der Waals surface area contributed by atoms with E-state index in [1.807, 2.05) is 0 Å². The van der Waals surface area contributed by atoms with E-state index < -0.39 is 17.2 Å². The van der Waals surface area contributed by atoms with Gasteiger partial charge in [-0.05, 0) is 30.7 Å². The third kappa shape index (κ3) is 5.00. The number of carbonyl (C=O) groups excluding carboxylic acids is 1. The summed E-state index contributed by atoms with van der Waals surface area (Å²) in [5.74, 6) is -1.79. The van der Waals surface area contributed by atoms with E-state index in [0.29, 0.717) is 23.5 Å². The van der Waals surface area contributed by atoms with E-state index in [1.165, 1.54) is 6.07 Å². The molecule has 29 heavy (non-hydrogen) atoms. The third-order valence-corrected chi connectivity index (χ3v) is 5.27. The van der Waals surface area contributed by atoms with Crippen molar-refractivity contribution in [2.75, 3.05) is 12.3 Å². The fourth-order valence-electron chi connectivity index (χ4n) is 2.87. The van der Waals surface area contributed by atoms with Gasteiger partial charge in [0.1, 0.15) is 11.6 Å². The summed E-state index contributed by atoms with van der Waals surface area (Å²) >= 11 is 1.04. The van der Waals surface area contributed by atoms with Gasteiger partial charge in [-0.25, -0.2) is 13.8 Å². The number of thioether (sulfide) groups is 1. The fourth-order valence-corrected chi connectivity index (χ4v) is 3.70. The number of para-hydroxylation sites is 1. The SMILES string of the molecule is CCCCCNC(=O)CSc1nc2ccccc2c(=O)n1-c1ccc(F)cc1F. The number of hydrogen-bond donors (Lipinski definition) is 1. The molecule has 0 aliphatic heterocycles. The van der Waals surface area contributed by atoms with E-state index >= 15 is 0 Å². The maximum Gasteiger partial charge on any atom is 0.266 e. The van der Waals surface area contributed by atoms with Crippen molar-refractivity contribution < 1.29 is 13.6 Å². The highest BCUT2D eigenvalue weighted by atomic mass is 32.2. The average Bonchev–Trinajstić information content (AvgIpc) is 2.71. The van der Waals surface area contributed by atoms with Crippen LogP contribution in [0.2, 0.25) is 0 Å². The molecule has 1 aromatic heterocycles. The number of halogens is 2. The minimum absolute atomic E-state index is 0.0275. The molecule has 3 rings (SSSR count). The predicted octanol–water partition coefficient (Wildman–Crippen LogP) is 4.06. The van der Waals surface area contributed by atoms with E-state index in [1.54, 1.807) is 24.3 Å². The van der Waals surface area contributed by atoms with Gasteiger partial charge in [-0.2, -0.15) is 0 Å². The summed E-state index contributed by atoms with van der Waals surface area (Å²) in [6, 6.07) is 9.69. The van der Waals surface area contributed by atoms with Crippen LogP contribution in [-0.2, 0) is 4.79 Å². The molecule has 5 nitrogen and oxygen atoms in total. The summed E-state index contributed by atoms with van der Waals surface area (Å²) in [4.78, 5) is 29.6. The smallest absolute Gasteiger partial charge is 0.266 e. The Morgan fingerprint density at radius 1 is 1.17 bits per heavy atom. The van der Waals surface area contributed by atoms with Gasteiger partial charge in [-0.3, -0.25) is 14.2 Å². The highest BCUT2D eigenvalue weighted by molar-refractivity contribution is 7.99. The van der Waals surface area contributed by atoms with Crippen LogP contribution in [0.3, 0.4) is 0 Å². The number of carbonyl (C=O) groups is 1. The Morgan fingerprint density at radius 3 is 2.72 bits per heavy atom. The summed E-state index contributed by atoms with van der Waals surface area (Å²) in [5, 5.41) is 3.30. The van der Waals surface area contributed by atoms with Crippen LogP contribution in [0.5, 0.6) is 0 Å². The lowest BCUT2D eigenvalue weighted by molar-refractivity contribution is -0.118. The molecule has 3 aromatic rings. The molecule has 2 aromatic carbocycles. The molecule has 0 bridgehead atoms. The van der Waals surface area contributed by atoms with Gasteiger partial charge in [-0.1, -0.05) is 43.7 Å². The number of nitrogens with zero attached hydrogens (tertiary/aromatic N) is 2. The lowest BCUT2D eigenvalue weighted by Crippen LogP contribution is -2.27. The largest absolute Gasteiger partial charge is 0.355 e. The minimum atomic E-state index is -0.880. The van der Waals surface area contributed by atoms with Crippen molar-refractivity contribution in [1.82, 2.24) is 14.9 Å². The standard InChI is InChI=1S/C21H21F2N3O2S/c1-2-3-6-11-24-19(27)13-29-21-25-17-8-5-4-7-15(17)20(28)26(21)18-10-9-14(22)12-16(18)23/h4-5,7-10,12H,2-3,6,11,13H2,1H3,(H,24,27). The Morgan fingerprint density at radius 2 is 1.97 bits per heavy atom. The molecule has 1 amide bonds. The summed E-state index contributed by atoms with van der Waals surface area (Å²) in [7, 11) is 0. The van der Waals surface area contributed by atoms with Crippen molar-refractivity contribution in [1.29, 1.82) is 0 Å². The monoisotopic (exact) mass is 417 g/mol. The lowest BCUT2D eigenvalue weighted by Gasteiger charge is -2.14. The minimum Gasteiger partial charge on any atom is -0.355 e. The summed E-state index contributed by atoms with van der Waals surface area (Å²) in [6.07, 6.45) is 2.98. The van der Waals surface area contributed by atoms with Gasteiger partial charge in [-0.15, -0.1) is 0 Å². The van der Waals surface area contributed by atoms with Crippen LogP contribution in [0, 0.1) is 11.6 Å². The van der Waals surface area contributed by atoms with Gasteiger partial charge >= 0.3 is 0 Å². The van der Waals surface area contributed by atoms with Crippen molar-refractivity contribution in [3.05, 3.63) is 64.5 Å². The highest BCUT2D eigenvalue weighted by Gasteiger charge is 2.17. The normalized spacial score (nSPS) is 11.0. The molecule has 0 saturated heterocycles. The molecule has 0 radical (unpaired) electrons. The second kappa shape index (κ2) is 9.65. The topological polar surface area (TPSA) is 64.0 Å². The number of benzene rings is 2. The van der Waals surface area contributed by atoms with Gasteiger partial charge in [0.05, 0.1) is 22.3 Å². The number of fused-ring (bicyclic) bond motifs is 1. The molecule has 1 N–H and O–H groups in total. The van der Waals surface area contributed by atoms with E-state index in [2.05, 4.69) is 17.2 Å². The van der Waals surface area contributed by atoms with Crippen LogP contribution < -0.4 is 10.9 Å². The Labute approximate surface area is 171 Å². The molecule has 0 unspecified atom stereocenters. The van der Waals surface area contributed by atoms with Crippen molar-refractivity contribution in [3.63, 3.8) is 0 Å². The van der Waals surface area contributed by atoms with Crippen molar-refractivity contribution in [3.8, 4) is 5.69 Å². The molecular formula is C21H21F2N3O2S. The fraction of sp³-hybridized carbons (Fsp3) is 0.286. The first kappa shape index (κ1) is 21.0. The predicted molar refractivity (Wildman–Crippen MR) is 111 cm³/mol. The quantitative estimate of drug-likeness (QED) is 0.341. The summed E-state index contributed by atoms with van der Waals surface area (Å²) < 4.78 is 28.9. The Balaban J connectivity index is 1.95. The molecule has 0 spiro atoms. The Hall–Kier alpha value is -2.74.